The highest BCUT2D eigenvalue weighted by molar-refractivity contribution is 5.94. The van der Waals surface area contributed by atoms with Crippen LogP contribution in [-0.4, -0.2) is 43.3 Å². The molecule has 0 aromatic heterocycles. The molecule has 3 N–H and O–H groups in total. The van der Waals surface area contributed by atoms with E-state index < -0.39 is 0 Å². The number of nitrogens with zero attached hydrogens (tertiary/aromatic N) is 2. The minimum absolute atomic E-state index is 0.0121. The van der Waals surface area contributed by atoms with Crippen LogP contribution in [-0.2, 0) is 17.9 Å². The molecular weight excluding hydrogens is 402 g/mol. The predicted molar refractivity (Wildman–Crippen MR) is 131 cm³/mol. The van der Waals surface area contributed by atoms with Crippen molar-refractivity contribution in [3.63, 3.8) is 0 Å². The first-order valence-electron chi connectivity index (χ1n) is 11.1. The first-order valence-corrected chi connectivity index (χ1v) is 11.1. The van der Waals surface area contributed by atoms with Crippen LogP contribution in [0.5, 0.6) is 0 Å². The third-order valence-corrected chi connectivity index (χ3v) is 5.09. The maximum atomic E-state index is 12.1. The van der Waals surface area contributed by atoms with Gasteiger partial charge in [-0.25, -0.2) is 4.99 Å². The monoisotopic (exact) mass is 437 g/mol. The van der Waals surface area contributed by atoms with Crippen LogP contribution in [0.25, 0.3) is 0 Å². The highest BCUT2D eigenvalue weighted by Gasteiger charge is 2.11. The molecule has 32 heavy (non-hydrogen) atoms. The molecule has 2 aromatic rings. The number of hydrogen-bond donors (Lipinski definition) is 3. The van der Waals surface area contributed by atoms with Gasteiger partial charge in [0.05, 0.1) is 6.54 Å². The van der Waals surface area contributed by atoms with Gasteiger partial charge in [-0.3, -0.25) is 9.59 Å². The molecule has 2 aromatic carbocycles. The van der Waals surface area contributed by atoms with Crippen LogP contribution in [0, 0.1) is 5.92 Å². The second kappa shape index (κ2) is 12.5. The summed E-state index contributed by atoms with van der Waals surface area (Å²) in [7, 11) is 3.48. The summed E-state index contributed by atoms with van der Waals surface area (Å²) in [5.74, 6) is 0.703. The number of nitrogens with one attached hydrogen (secondary N) is 3. The van der Waals surface area contributed by atoms with Crippen LogP contribution < -0.4 is 16.0 Å². The van der Waals surface area contributed by atoms with E-state index in [1.807, 2.05) is 69.3 Å². The summed E-state index contributed by atoms with van der Waals surface area (Å²) in [6.45, 7) is 7.76. The fourth-order valence-corrected chi connectivity index (χ4v) is 2.92. The van der Waals surface area contributed by atoms with Crippen LogP contribution in [0.3, 0.4) is 0 Å². The van der Waals surface area contributed by atoms with E-state index in [2.05, 4.69) is 20.9 Å². The fourth-order valence-electron chi connectivity index (χ4n) is 2.92. The van der Waals surface area contributed by atoms with E-state index in [0.29, 0.717) is 24.6 Å². The van der Waals surface area contributed by atoms with Gasteiger partial charge in [-0.2, -0.15) is 0 Å². The molecule has 1 atom stereocenters. The topological polar surface area (TPSA) is 85.8 Å². The average molecular weight is 438 g/mol. The summed E-state index contributed by atoms with van der Waals surface area (Å²) in [6, 6.07) is 15.3. The van der Waals surface area contributed by atoms with E-state index in [1.54, 1.807) is 19.0 Å². The van der Waals surface area contributed by atoms with Crippen molar-refractivity contribution in [1.82, 2.24) is 15.5 Å². The number of benzene rings is 2. The van der Waals surface area contributed by atoms with E-state index in [9.17, 15) is 9.59 Å². The number of carbonyl (C=O) groups excluding carboxylic acids is 2. The van der Waals surface area contributed by atoms with Gasteiger partial charge in [0.1, 0.15) is 0 Å². The van der Waals surface area contributed by atoms with Crippen LogP contribution in [0.4, 0.5) is 5.69 Å². The summed E-state index contributed by atoms with van der Waals surface area (Å²) in [5.41, 5.74) is 3.52. The Hall–Kier alpha value is -3.35. The largest absolute Gasteiger partial charge is 0.357 e. The molecule has 172 valence electrons. The zero-order valence-corrected chi connectivity index (χ0v) is 19.7. The average Bonchev–Trinajstić information content (AvgIpc) is 2.80. The number of aliphatic imine (C=N–C) groups is 1. The standard InChI is InChI=1S/C25H35N5O2/c1-6-18(3)23(31)29-22-10-8-9-20(15-22)17-28-25(26-7-2)27-16-19-11-13-21(14-12-19)24(32)30(4)5/h8-15,18H,6-7,16-17H2,1-5H3,(H,29,31)(H2,26,27,28). The van der Waals surface area contributed by atoms with Crippen molar-refractivity contribution >= 4 is 23.5 Å². The van der Waals surface area contributed by atoms with Gasteiger partial charge in [-0.05, 0) is 48.7 Å². The Bertz CT molecular complexity index is 922. The summed E-state index contributed by atoms with van der Waals surface area (Å²) < 4.78 is 0. The fraction of sp³-hybridized carbons (Fsp3) is 0.400. The number of carbonyl (C=O) groups is 2. The molecule has 0 aliphatic carbocycles. The highest BCUT2D eigenvalue weighted by Crippen LogP contribution is 2.14. The van der Waals surface area contributed by atoms with Crippen LogP contribution in [0.2, 0.25) is 0 Å². The lowest BCUT2D eigenvalue weighted by atomic mass is 10.1. The van der Waals surface area contributed by atoms with Gasteiger partial charge >= 0.3 is 0 Å². The Morgan fingerprint density at radius 3 is 2.34 bits per heavy atom. The van der Waals surface area contributed by atoms with Crippen molar-refractivity contribution in [2.24, 2.45) is 10.9 Å². The minimum Gasteiger partial charge on any atom is -0.357 e. The molecule has 0 saturated heterocycles. The summed E-state index contributed by atoms with van der Waals surface area (Å²) in [4.78, 5) is 30.4. The molecular formula is C25H35N5O2. The molecule has 2 rings (SSSR count). The molecule has 1 unspecified atom stereocenters. The first-order chi connectivity index (χ1) is 15.3. The predicted octanol–water partition coefficient (Wildman–Crippen LogP) is 3.63. The number of amides is 2. The maximum absolute atomic E-state index is 12.1. The smallest absolute Gasteiger partial charge is 0.253 e. The summed E-state index contributed by atoms with van der Waals surface area (Å²) in [5, 5.41) is 9.53. The number of hydrogen-bond acceptors (Lipinski definition) is 3. The molecule has 2 amide bonds. The van der Waals surface area contributed by atoms with Gasteiger partial charge in [0.25, 0.3) is 5.91 Å². The second-order valence-electron chi connectivity index (χ2n) is 7.94. The van der Waals surface area contributed by atoms with Gasteiger partial charge < -0.3 is 20.9 Å². The quantitative estimate of drug-likeness (QED) is 0.413. The molecule has 0 saturated carbocycles. The van der Waals surface area contributed by atoms with E-state index >= 15 is 0 Å². The Balaban J connectivity index is 1.99. The number of rotatable bonds is 9. The molecule has 0 radical (unpaired) electrons. The molecule has 0 aliphatic rings. The van der Waals surface area contributed by atoms with E-state index in [1.165, 1.54) is 0 Å². The maximum Gasteiger partial charge on any atom is 0.253 e. The van der Waals surface area contributed by atoms with Crippen molar-refractivity contribution in [2.75, 3.05) is 26.0 Å². The Kier molecular flexibility index (Phi) is 9.73. The van der Waals surface area contributed by atoms with E-state index in [4.69, 9.17) is 0 Å². The molecule has 0 fully saturated rings. The minimum atomic E-state index is -0.0173. The number of anilines is 1. The summed E-state index contributed by atoms with van der Waals surface area (Å²) in [6.07, 6.45) is 0.808. The molecule has 0 aliphatic heterocycles. The van der Waals surface area contributed by atoms with Gasteiger partial charge in [-0.15, -0.1) is 0 Å². The molecule has 0 bridgehead atoms. The van der Waals surface area contributed by atoms with Crippen LogP contribution in [0.1, 0.15) is 48.7 Å². The summed E-state index contributed by atoms with van der Waals surface area (Å²) >= 11 is 0. The Labute approximate surface area is 191 Å². The van der Waals surface area contributed by atoms with E-state index in [0.717, 1.165) is 29.8 Å². The van der Waals surface area contributed by atoms with Crippen molar-refractivity contribution in [1.29, 1.82) is 0 Å². The highest BCUT2D eigenvalue weighted by atomic mass is 16.2. The van der Waals surface area contributed by atoms with E-state index in [-0.39, 0.29) is 17.7 Å². The third kappa shape index (κ3) is 7.72. The lowest BCUT2D eigenvalue weighted by Crippen LogP contribution is -2.36. The lowest BCUT2D eigenvalue weighted by Gasteiger charge is -2.13. The second-order valence-corrected chi connectivity index (χ2v) is 7.94. The van der Waals surface area contributed by atoms with Crippen molar-refractivity contribution in [3.05, 3.63) is 65.2 Å². The van der Waals surface area contributed by atoms with Gasteiger partial charge in [-0.1, -0.05) is 38.1 Å². The Morgan fingerprint density at radius 2 is 1.72 bits per heavy atom. The zero-order chi connectivity index (χ0) is 23.5. The van der Waals surface area contributed by atoms with Crippen LogP contribution in [0.15, 0.2) is 53.5 Å². The van der Waals surface area contributed by atoms with Crippen molar-refractivity contribution in [2.45, 2.75) is 40.3 Å². The SMILES string of the molecule is CCNC(=NCc1cccc(NC(=O)C(C)CC)c1)NCc1ccc(C(=O)N(C)C)cc1. The molecule has 0 heterocycles. The molecule has 7 nitrogen and oxygen atoms in total. The van der Waals surface area contributed by atoms with Crippen molar-refractivity contribution in [3.8, 4) is 0 Å². The molecule has 0 spiro atoms. The van der Waals surface area contributed by atoms with Gasteiger partial charge in [0, 0.05) is 44.4 Å². The molecule has 7 heteroatoms. The van der Waals surface area contributed by atoms with Gasteiger partial charge in [0.2, 0.25) is 5.91 Å². The third-order valence-electron chi connectivity index (χ3n) is 5.09. The number of guanidine groups is 1. The van der Waals surface area contributed by atoms with Crippen molar-refractivity contribution < 1.29 is 9.59 Å². The van der Waals surface area contributed by atoms with Gasteiger partial charge in [0.15, 0.2) is 5.96 Å². The Morgan fingerprint density at radius 1 is 1.00 bits per heavy atom. The zero-order valence-electron chi connectivity index (χ0n) is 19.7. The lowest BCUT2D eigenvalue weighted by molar-refractivity contribution is -0.119. The first kappa shape index (κ1) is 24.9. The van der Waals surface area contributed by atoms with Crippen LogP contribution >= 0.6 is 0 Å². The normalized spacial score (nSPS) is 12.1.